The lowest BCUT2D eigenvalue weighted by atomic mass is 10.0. The summed E-state index contributed by atoms with van der Waals surface area (Å²) >= 11 is 0. The predicted octanol–water partition coefficient (Wildman–Crippen LogP) is 2.30. The second kappa shape index (κ2) is 8.04. The molecule has 28 heavy (non-hydrogen) atoms. The molecule has 3 heterocycles. The number of halogens is 1. The number of hydrogen-bond donors (Lipinski definition) is 1. The van der Waals surface area contributed by atoms with Gasteiger partial charge < -0.3 is 14.6 Å². The predicted molar refractivity (Wildman–Crippen MR) is 106 cm³/mol. The maximum atomic E-state index is 13.4. The van der Waals surface area contributed by atoms with Crippen LogP contribution in [0.4, 0.5) is 0 Å². The van der Waals surface area contributed by atoms with Crippen LogP contribution < -0.4 is 10.1 Å². The number of nitrogens with zero attached hydrogens (tertiary/aromatic N) is 3. The Labute approximate surface area is 169 Å². The SMILES string of the molecule is COc1ccccc1C1CNCCN1S(=O)(=O)c1cnc2onc(C)c2c1.Cl. The third-order valence-electron chi connectivity index (χ3n) is 4.78. The van der Waals surface area contributed by atoms with Gasteiger partial charge in [-0.15, -0.1) is 12.4 Å². The number of nitrogens with one attached hydrogen (secondary N) is 1. The van der Waals surface area contributed by atoms with Gasteiger partial charge in [0, 0.05) is 25.2 Å². The molecular formula is C18H21ClN4O4S. The number of benzene rings is 1. The van der Waals surface area contributed by atoms with Gasteiger partial charge >= 0.3 is 0 Å². The topological polar surface area (TPSA) is 97.6 Å². The van der Waals surface area contributed by atoms with Crippen LogP contribution in [0.25, 0.3) is 11.1 Å². The number of pyridine rings is 1. The smallest absolute Gasteiger partial charge is 0.257 e. The maximum absolute atomic E-state index is 13.4. The molecule has 10 heteroatoms. The first kappa shape index (κ1) is 20.5. The molecule has 1 atom stereocenters. The summed E-state index contributed by atoms with van der Waals surface area (Å²) in [4.78, 5) is 4.25. The zero-order valence-electron chi connectivity index (χ0n) is 15.5. The van der Waals surface area contributed by atoms with Gasteiger partial charge in [-0.3, -0.25) is 0 Å². The van der Waals surface area contributed by atoms with Gasteiger partial charge in [-0.2, -0.15) is 4.31 Å². The fourth-order valence-corrected chi connectivity index (χ4v) is 4.96. The van der Waals surface area contributed by atoms with Gasteiger partial charge in [-0.25, -0.2) is 13.4 Å². The Bertz CT molecular complexity index is 1090. The molecule has 3 aromatic rings. The highest BCUT2D eigenvalue weighted by atomic mass is 35.5. The third kappa shape index (κ3) is 3.46. The summed E-state index contributed by atoms with van der Waals surface area (Å²) in [6.45, 7) is 3.19. The summed E-state index contributed by atoms with van der Waals surface area (Å²) in [5.41, 5.74) is 1.76. The van der Waals surface area contributed by atoms with E-state index in [4.69, 9.17) is 9.26 Å². The van der Waals surface area contributed by atoms with Crippen molar-refractivity contribution in [3.05, 3.63) is 47.8 Å². The molecule has 1 N–H and O–H groups in total. The monoisotopic (exact) mass is 424 g/mol. The van der Waals surface area contributed by atoms with Crippen LogP contribution in [0, 0.1) is 6.92 Å². The average molecular weight is 425 g/mol. The number of hydrogen-bond acceptors (Lipinski definition) is 7. The maximum Gasteiger partial charge on any atom is 0.257 e. The largest absolute Gasteiger partial charge is 0.496 e. The number of piperazine rings is 1. The molecule has 0 radical (unpaired) electrons. The van der Waals surface area contributed by atoms with Crippen molar-refractivity contribution in [2.45, 2.75) is 17.9 Å². The van der Waals surface area contributed by atoms with Crippen molar-refractivity contribution in [2.24, 2.45) is 0 Å². The minimum atomic E-state index is -3.76. The van der Waals surface area contributed by atoms with E-state index in [9.17, 15) is 8.42 Å². The van der Waals surface area contributed by atoms with Gasteiger partial charge in [0.15, 0.2) is 0 Å². The third-order valence-corrected chi connectivity index (χ3v) is 6.66. The average Bonchev–Trinajstić information content (AvgIpc) is 3.08. The Morgan fingerprint density at radius 2 is 2.11 bits per heavy atom. The number of ether oxygens (including phenoxy) is 1. The number of rotatable bonds is 4. The molecule has 2 aromatic heterocycles. The van der Waals surface area contributed by atoms with Crippen LogP contribution >= 0.6 is 12.4 Å². The Kier molecular flexibility index (Phi) is 5.90. The normalized spacial score (nSPS) is 18.0. The van der Waals surface area contributed by atoms with Crippen LogP contribution in [0.3, 0.4) is 0 Å². The zero-order chi connectivity index (χ0) is 19.0. The summed E-state index contributed by atoms with van der Waals surface area (Å²) in [5.74, 6) is 0.662. The Morgan fingerprint density at radius 1 is 1.32 bits per heavy atom. The van der Waals surface area contributed by atoms with E-state index in [0.29, 0.717) is 42.2 Å². The molecule has 150 valence electrons. The van der Waals surface area contributed by atoms with E-state index in [1.54, 1.807) is 20.1 Å². The van der Waals surface area contributed by atoms with Crippen molar-refractivity contribution in [3.8, 4) is 5.75 Å². The van der Waals surface area contributed by atoms with E-state index >= 15 is 0 Å². The molecule has 1 unspecified atom stereocenters. The minimum Gasteiger partial charge on any atom is -0.496 e. The van der Waals surface area contributed by atoms with E-state index in [1.165, 1.54) is 10.5 Å². The highest BCUT2D eigenvalue weighted by Gasteiger charge is 2.36. The van der Waals surface area contributed by atoms with E-state index in [-0.39, 0.29) is 23.3 Å². The fraction of sp³-hybridized carbons (Fsp3) is 0.333. The van der Waals surface area contributed by atoms with E-state index < -0.39 is 10.0 Å². The molecule has 0 amide bonds. The van der Waals surface area contributed by atoms with Crippen LogP contribution in [0.5, 0.6) is 5.75 Å². The van der Waals surface area contributed by atoms with Crippen molar-refractivity contribution in [1.29, 1.82) is 0 Å². The van der Waals surface area contributed by atoms with Crippen LogP contribution in [0.2, 0.25) is 0 Å². The number of para-hydroxylation sites is 1. The highest BCUT2D eigenvalue weighted by molar-refractivity contribution is 7.89. The lowest BCUT2D eigenvalue weighted by molar-refractivity contribution is 0.264. The van der Waals surface area contributed by atoms with Crippen molar-refractivity contribution in [3.63, 3.8) is 0 Å². The van der Waals surface area contributed by atoms with Crippen molar-refractivity contribution >= 4 is 33.5 Å². The van der Waals surface area contributed by atoms with Gasteiger partial charge in [0.1, 0.15) is 10.6 Å². The quantitative estimate of drug-likeness (QED) is 0.686. The summed E-state index contributed by atoms with van der Waals surface area (Å²) in [5, 5.41) is 7.71. The first-order valence-electron chi connectivity index (χ1n) is 8.60. The van der Waals surface area contributed by atoms with Crippen molar-refractivity contribution < 1.29 is 17.7 Å². The molecule has 1 saturated heterocycles. The van der Waals surface area contributed by atoms with Gasteiger partial charge in [0.25, 0.3) is 5.71 Å². The second-order valence-corrected chi connectivity index (χ2v) is 8.26. The molecule has 0 spiro atoms. The molecule has 0 saturated carbocycles. The van der Waals surface area contributed by atoms with Gasteiger partial charge in [0.2, 0.25) is 10.0 Å². The van der Waals surface area contributed by atoms with Gasteiger partial charge in [0.05, 0.1) is 30.4 Å². The van der Waals surface area contributed by atoms with Crippen molar-refractivity contribution in [1.82, 2.24) is 19.8 Å². The highest BCUT2D eigenvalue weighted by Crippen LogP contribution is 2.34. The molecule has 4 rings (SSSR count). The molecule has 1 aliphatic heterocycles. The molecule has 8 nitrogen and oxygen atoms in total. The molecule has 1 aliphatic rings. The molecule has 0 bridgehead atoms. The van der Waals surface area contributed by atoms with E-state index in [1.807, 2.05) is 24.3 Å². The van der Waals surface area contributed by atoms with Crippen LogP contribution in [0.15, 0.2) is 45.9 Å². The van der Waals surface area contributed by atoms with Crippen LogP contribution in [-0.2, 0) is 10.0 Å². The number of aromatic nitrogens is 2. The summed E-state index contributed by atoms with van der Waals surface area (Å²) in [6, 6.07) is 8.67. The first-order chi connectivity index (χ1) is 13.0. The second-order valence-electron chi connectivity index (χ2n) is 6.37. The van der Waals surface area contributed by atoms with E-state index in [0.717, 1.165) is 5.56 Å². The Balaban J connectivity index is 0.00000225. The molecular weight excluding hydrogens is 404 g/mol. The van der Waals surface area contributed by atoms with Gasteiger partial charge in [-0.05, 0) is 19.1 Å². The standard InChI is InChI=1S/C18H20N4O4S.ClH/c1-12-15-9-13(10-20-18(15)26-21-12)27(23,24)22-8-7-19-11-16(22)14-5-3-4-6-17(14)25-2;/h3-6,9-10,16,19H,7-8,11H2,1-2H3;1H. The summed E-state index contributed by atoms with van der Waals surface area (Å²) < 4.78 is 38.9. The molecule has 0 aliphatic carbocycles. The number of sulfonamides is 1. The zero-order valence-corrected chi connectivity index (χ0v) is 17.1. The Hall–Kier alpha value is -2.20. The molecule has 1 fully saturated rings. The summed E-state index contributed by atoms with van der Waals surface area (Å²) in [7, 11) is -2.18. The Morgan fingerprint density at radius 3 is 2.89 bits per heavy atom. The number of methoxy groups -OCH3 is 1. The number of fused-ring (bicyclic) bond motifs is 1. The van der Waals surface area contributed by atoms with Crippen LogP contribution in [-0.4, -0.2) is 49.6 Å². The minimum absolute atomic E-state index is 0. The van der Waals surface area contributed by atoms with E-state index in [2.05, 4.69) is 15.5 Å². The summed E-state index contributed by atoms with van der Waals surface area (Å²) in [6.07, 6.45) is 1.32. The first-order valence-corrected chi connectivity index (χ1v) is 10.0. The fourth-order valence-electron chi connectivity index (χ4n) is 3.38. The lowest BCUT2D eigenvalue weighted by Gasteiger charge is -2.35. The number of aryl methyl sites for hydroxylation is 1. The van der Waals surface area contributed by atoms with Crippen molar-refractivity contribution in [2.75, 3.05) is 26.7 Å². The van der Waals surface area contributed by atoms with Gasteiger partial charge in [-0.1, -0.05) is 23.4 Å². The van der Waals surface area contributed by atoms with Crippen LogP contribution in [0.1, 0.15) is 17.3 Å². The molecule has 1 aromatic carbocycles. The lowest BCUT2D eigenvalue weighted by Crippen LogP contribution is -2.48.